The molecular formula is C14H10F2N2. The van der Waals surface area contributed by atoms with Crippen LogP contribution in [0.3, 0.4) is 0 Å². The minimum atomic E-state index is -0.473. The van der Waals surface area contributed by atoms with E-state index in [1.54, 1.807) is 24.3 Å². The molecule has 0 bridgehead atoms. The Morgan fingerprint density at radius 1 is 1.11 bits per heavy atom. The average Bonchev–Trinajstić information content (AvgIpc) is 2.40. The van der Waals surface area contributed by atoms with E-state index in [0.717, 1.165) is 18.2 Å². The molecule has 0 aliphatic rings. The lowest BCUT2D eigenvalue weighted by atomic mass is 10.2. The number of halogens is 2. The Balaban J connectivity index is 2.11. The Morgan fingerprint density at radius 3 is 2.72 bits per heavy atom. The van der Waals surface area contributed by atoms with Gasteiger partial charge in [0.1, 0.15) is 11.6 Å². The van der Waals surface area contributed by atoms with Crippen LogP contribution >= 0.6 is 0 Å². The summed E-state index contributed by atoms with van der Waals surface area (Å²) in [5.74, 6) is -0.931. The van der Waals surface area contributed by atoms with E-state index in [9.17, 15) is 8.78 Å². The topological polar surface area (TPSA) is 35.8 Å². The second-order valence-electron chi connectivity index (χ2n) is 3.78. The highest BCUT2D eigenvalue weighted by atomic mass is 19.1. The molecule has 1 N–H and O–H groups in total. The molecule has 0 spiro atoms. The van der Waals surface area contributed by atoms with Gasteiger partial charge in [0.25, 0.3) is 0 Å². The number of hydrogen-bond donors (Lipinski definition) is 1. The van der Waals surface area contributed by atoms with E-state index in [0.29, 0.717) is 11.3 Å². The molecule has 2 rings (SSSR count). The van der Waals surface area contributed by atoms with Crippen molar-refractivity contribution in [1.82, 2.24) is 0 Å². The van der Waals surface area contributed by atoms with Crippen molar-refractivity contribution < 1.29 is 8.78 Å². The molecule has 0 unspecified atom stereocenters. The van der Waals surface area contributed by atoms with Crippen LogP contribution in [0.5, 0.6) is 0 Å². The number of benzene rings is 2. The van der Waals surface area contributed by atoms with Crippen molar-refractivity contribution in [2.24, 2.45) is 0 Å². The van der Waals surface area contributed by atoms with Gasteiger partial charge < -0.3 is 5.32 Å². The van der Waals surface area contributed by atoms with Crippen molar-refractivity contribution in [3.05, 3.63) is 65.2 Å². The fourth-order valence-corrected chi connectivity index (χ4v) is 1.57. The summed E-state index contributed by atoms with van der Waals surface area (Å²) >= 11 is 0. The van der Waals surface area contributed by atoms with Crippen molar-refractivity contribution in [2.75, 3.05) is 5.32 Å². The molecule has 0 aromatic heterocycles. The maximum Gasteiger partial charge on any atom is 0.128 e. The van der Waals surface area contributed by atoms with Crippen LogP contribution in [0.15, 0.2) is 42.5 Å². The summed E-state index contributed by atoms with van der Waals surface area (Å²) in [6, 6.07) is 12.1. The molecule has 0 saturated heterocycles. The van der Waals surface area contributed by atoms with E-state index in [1.165, 1.54) is 0 Å². The van der Waals surface area contributed by atoms with E-state index in [4.69, 9.17) is 5.26 Å². The van der Waals surface area contributed by atoms with Crippen molar-refractivity contribution in [2.45, 2.75) is 6.54 Å². The molecule has 2 nitrogen and oxygen atoms in total. The average molecular weight is 244 g/mol. The number of nitrogens with zero attached hydrogens (tertiary/aromatic N) is 1. The summed E-state index contributed by atoms with van der Waals surface area (Å²) in [7, 11) is 0. The van der Waals surface area contributed by atoms with Gasteiger partial charge in [0.15, 0.2) is 0 Å². The summed E-state index contributed by atoms with van der Waals surface area (Å²) in [6.45, 7) is 0.165. The second kappa shape index (κ2) is 5.28. The van der Waals surface area contributed by atoms with Crippen molar-refractivity contribution in [3.63, 3.8) is 0 Å². The van der Waals surface area contributed by atoms with Crippen molar-refractivity contribution in [3.8, 4) is 6.07 Å². The van der Waals surface area contributed by atoms with Gasteiger partial charge >= 0.3 is 0 Å². The molecule has 0 saturated carbocycles. The normalized spacial score (nSPS) is 9.83. The molecule has 2 aromatic carbocycles. The van der Waals surface area contributed by atoms with Gasteiger partial charge in [-0.2, -0.15) is 5.26 Å². The standard InChI is InChI=1S/C14H10F2N2/c15-12-4-5-14(16)11(7-12)9-18-13-3-1-2-10(6-13)8-17/h1-7,18H,9H2. The lowest BCUT2D eigenvalue weighted by Gasteiger charge is -2.07. The monoisotopic (exact) mass is 244 g/mol. The van der Waals surface area contributed by atoms with Crippen molar-refractivity contribution in [1.29, 1.82) is 5.26 Å². The van der Waals surface area contributed by atoms with Crippen LogP contribution < -0.4 is 5.32 Å². The molecule has 0 radical (unpaired) electrons. The quantitative estimate of drug-likeness (QED) is 0.897. The zero-order valence-corrected chi connectivity index (χ0v) is 9.45. The lowest BCUT2D eigenvalue weighted by molar-refractivity contribution is 0.587. The maximum atomic E-state index is 13.4. The van der Waals surface area contributed by atoms with Crippen molar-refractivity contribution >= 4 is 5.69 Å². The summed E-state index contributed by atoms with van der Waals surface area (Å²) in [5.41, 5.74) is 1.45. The minimum absolute atomic E-state index is 0.165. The Morgan fingerprint density at radius 2 is 1.94 bits per heavy atom. The van der Waals surface area contributed by atoms with Gasteiger partial charge in [-0.05, 0) is 36.4 Å². The van der Waals surface area contributed by atoms with Gasteiger partial charge in [-0.3, -0.25) is 0 Å². The molecule has 0 fully saturated rings. The van der Waals surface area contributed by atoms with Gasteiger partial charge in [-0.1, -0.05) is 6.07 Å². The zero-order valence-electron chi connectivity index (χ0n) is 9.45. The largest absolute Gasteiger partial charge is 0.381 e. The van der Waals surface area contributed by atoms with E-state index in [-0.39, 0.29) is 12.1 Å². The summed E-state index contributed by atoms with van der Waals surface area (Å²) in [4.78, 5) is 0. The Kier molecular flexibility index (Phi) is 3.54. The first-order chi connectivity index (χ1) is 8.69. The smallest absolute Gasteiger partial charge is 0.128 e. The first-order valence-corrected chi connectivity index (χ1v) is 5.37. The SMILES string of the molecule is N#Cc1cccc(NCc2cc(F)ccc2F)c1. The molecule has 2 aromatic rings. The highest BCUT2D eigenvalue weighted by Gasteiger charge is 2.03. The molecular weight excluding hydrogens is 234 g/mol. The van der Waals surface area contributed by atoms with Crippen LogP contribution in [0.4, 0.5) is 14.5 Å². The number of rotatable bonds is 3. The lowest BCUT2D eigenvalue weighted by Crippen LogP contribution is -2.02. The predicted octanol–water partition coefficient (Wildman–Crippen LogP) is 3.45. The van der Waals surface area contributed by atoms with Crippen LogP contribution in [-0.4, -0.2) is 0 Å². The second-order valence-corrected chi connectivity index (χ2v) is 3.78. The van der Waals surface area contributed by atoms with Gasteiger partial charge in [0, 0.05) is 17.8 Å². The highest BCUT2D eigenvalue weighted by molar-refractivity contribution is 5.49. The molecule has 90 valence electrons. The number of nitrogens with one attached hydrogen (secondary N) is 1. The fourth-order valence-electron chi connectivity index (χ4n) is 1.57. The van der Waals surface area contributed by atoms with Crippen LogP contribution in [0.2, 0.25) is 0 Å². The van der Waals surface area contributed by atoms with Crippen LogP contribution in [0.1, 0.15) is 11.1 Å². The molecule has 0 atom stereocenters. The minimum Gasteiger partial charge on any atom is -0.381 e. The third-order valence-corrected chi connectivity index (χ3v) is 2.48. The van der Waals surface area contributed by atoms with Gasteiger partial charge in [0.2, 0.25) is 0 Å². The maximum absolute atomic E-state index is 13.4. The Hall–Kier alpha value is -2.41. The summed E-state index contributed by atoms with van der Waals surface area (Å²) in [6.07, 6.45) is 0. The van der Waals surface area contributed by atoms with E-state index in [1.807, 2.05) is 6.07 Å². The highest BCUT2D eigenvalue weighted by Crippen LogP contribution is 2.14. The Bertz CT molecular complexity index is 603. The molecule has 4 heteroatoms. The first-order valence-electron chi connectivity index (χ1n) is 5.37. The first kappa shape index (κ1) is 12.1. The van der Waals surface area contributed by atoms with Crippen LogP contribution in [-0.2, 0) is 6.54 Å². The van der Waals surface area contributed by atoms with Crippen LogP contribution in [0.25, 0.3) is 0 Å². The number of anilines is 1. The van der Waals surface area contributed by atoms with E-state index < -0.39 is 11.6 Å². The van der Waals surface area contributed by atoms with Gasteiger partial charge in [-0.15, -0.1) is 0 Å². The summed E-state index contributed by atoms with van der Waals surface area (Å²) < 4.78 is 26.3. The van der Waals surface area contributed by atoms with Gasteiger partial charge in [0.05, 0.1) is 11.6 Å². The molecule has 0 heterocycles. The fraction of sp³-hybridized carbons (Fsp3) is 0.0714. The molecule has 0 aliphatic carbocycles. The zero-order chi connectivity index (χ0) is 13.0. The molecule has 18 heavy (non-hydrogen) atoms. The van der Waals surface area contributed by atoms with Gasteiger partial charge in [-0.25, -0.2) is 8.78 Å². The molecule has 0 aliphatic heterocycles. The molecule has 0 amide bonds. The van der Waals surface area contributed by atoms with Crippen LogP contribution in [0, 0.1) is 23.0 Å². The third kappa shape index (κ3) is 2.83. The predicted molar refractivity (Wildman–Crippen MR) is 64.8 cm³/mol. The third-order valence-electron chi connectivity index (χ3n) is 2.48. The van der Waals surface area contributed by atoms with E-state index in [2.05, 4.69) is 5.32 Å². The Labute approximate surface area is 103 Å². The number of nitriles is 1. The number of hydrogen-bond acceptors (Lipinski definition) is 2. The summed E-state index contributed by atoms with van der Waals surface area (Å²) in [5, 5.41) is 11.7. The van der Waals surface area contributed by atoms with E-state index >= 15 is 0 Å².